The molecule has 0 aliphatic carbocycles. The van der Waals surface area contributed by atoms with E-state index in [2.05, 4.69) is 5.32 Å². The lowest BCUT2D eigenvalue weighted by Gasteiger charge is -2.35. The van der Waals surface area contributed by atoms with Gasteiger partial charge in [0.25, 0.3) is 0 Å². The molecule has 1 atom stereocenters. The van der Waals surface area contributed by atoms with Crippen molar-refractivity contribution >= 4 is 27.7 Å². The molecule has 3 rings (SSSR count). The summed E-state index contributed by atoms with van der Waals surface area (Å²) in [7, 11) is -1.16. The molecular formula is C32H42N4O4S. The maximum atomic E-state index is 14.3. The highest BCUT2D eigenvalue weighted by Crippen LogP contribution is 2.26. The summed E-state index contributed by atoms with van der Waals surface area (Å²) in [5.41, 5.74) is 3.75. The summed E-state index contributed by atoms with van der Waals surface area (Å²) in [4.78, 5) is 29.5. The average Bonchev–Trinajstić information content (AvgIpc) is 2.94. The monoisotopic (exact) mass is 578 g/mol. The van der Waals surface area contributed by atoms with Gasteiger partial charge in [0.2, 0.25) is 11.8 Å². The number of nitrogens with one attached hydrogen (secondary N) is 1. The van der Waals surface area contributed by atoms with E-state index in [1.54, 1.807) is 6.07 Å². The summed E-state index contributed by atoms with van der Waals surface area (Å²) in [6.07, 6.45) is 0.285. The van der Waals surface area contributed by atoms with E-state index in [0.29, 0.717) is 12.2 Å². The van der Waals surface area contributed by atoms with Gasteiger partial charge in [-0.1, -0.05) is 86.6 Å². The normalized spacial score (nSPS) is 12.3. The van der Waals surface area contributed by atoms with Crippen LogP contribution in [0.15, 0.2) is 78.9 Å². The van der Waals surface area contributed by atoms with Crippen molar-refractivity contribution < 1.29 is 18.0 Å². The molecule has 0 saturated heterocycles. The smallest absolute Gasteiger partial charge is 0.304 e. The second-order valence-corrected chi connectivity index (χ2v) is 13.0. The van der Waals surface area contributed by atoms with E-state index in [9.17, 15) is 18.0 Å². The van der Waals surface area contributed by atoms with Crippen molar-refractivity contribution in [2.75, 3.05) is 31.5 Å². The topological polar surface area (TPSA) is 90.0 Å². The van der Waals surface area contributed by atoms with E-state index in [-0.39, 0.29) is 24.8 Å². The lowest BCUT2D eigenvalue weighted by atomic mass is 10.0. The number of carbonyl (C=O) groups excluding carboxylic acids is 2. The molecule has 0 aromatic heterocycles. The molecule has 1 N–H and O–H groups in total. The fraction of sp³-hybridized carbons (Fsp3) is 0.375. The van der Waals surface area contributed by atoms with Crippen LogP contribution in [0.5, 0.6) is 0 Å². The maximum Gasteiger partial charge on any atom is 0.304 e. The molecule has 0 aliphatic heterocycles. The van der Waals surface area contributed by atoms with Gasteiger partial charge in [0.1, 0.15) is 12.6 Å². The largest absolute Gasteiger partial charge is 0.354 e. The average molecular weight is 579 g/mol. The zero-order chi connectivity index (χ0) is 30.2. The van der Waals surface area contributed by atoms with Crippen LogP contribution in [0, 0.1) is 19.8 Å². The van der Waals surface area contributed by atoms with E-state index in [1.807, 2.05) is 100 Å². The lowest BCUT2D eigenvalue weighted by molar-refractivity contribution is -0.140. The summed E-state index contributed by atoms with van der Waals surface area (Å²) in [6, 6.07) is 23.6. The molecule has 3 aromatic carbocycles. The Hall–Kier alpha value is -3.69. The van der Waals surface area contributed by atoms with Crippen LogP contribution < -0.4 is 9.62 Å². The highest BCUT2D eigenvalue weighted by Gasteiger charge is 2.35. The van der Waals surface area contributed by atoms with E-state index < -0.39 is 28.7 Å². The molecule has 41 heavy (non-hydrogen) atoms. The fourth-order valence-corrected chi connectivity index (χ4v) is 5.56. The molecule has 0 bridgehead atoms. The van der Waals surface area contributed by atoms with E-state index >= 15 is 0 Å². The predicted octanol–water partition coefficient (Wildman–Crippen LogP) is 4.33. The Bertz CT molecular complexity index is 1410. The second-order valence-electron chi connectivity index (χ2n) is 10.9. The SMILES string of the molecule is Cc1ccc(C)c(N(CC(=O)N(Cc2ccccc2)[C@H](Cc2ccccc2)C(=O)NCC(C)C)S(=O)(=O)N(C)C)c1. The van der Waals surface area contributed by atoms with Crippen molar-refractivity contribution in [3.63, 3.8) is 0 Å². The summed E-state index contributed by atoms with van der Waals surface area (Å²) in [5, 5.41) is 3.00. The highest BCUT2D eigenvalue weighted by molar-refractivity contribution is 7.90. The Balaban J connectivity index is 2.10. The zero-order valence-corrected chi connectivity index (χ0v) is 25.7. The van der Waals surface area contributed by atoms with Gasteiger partial charge in [-0.25, -0.2) is 4.31 Å². The van der Waals surface area contributed by atoms with E-state index in [1.165, 1.54) is 19.0 Å². The summed E-state index contributed by atoms with van der Waals surface area (Å²) >= 11 is 0. The molecule has 9 heteroatoms. The quantitative estimate of drug-likeness (QED) is 0.327. The lowest BCUT2D eigenvalue weighted by Crippen LogP contribution is -2.54. The Morgan fingerprint density at radius 2 is 1.44 bits per heavy atom. The molecule has 8 nitrogen and oxygen atoms in total. The van der Waals surface area contributed by atoms with Crippen molar-refractivity contribution in [1.29, 1.82) is 0 Å². The van der Waals surface area contributed by atoms with Crippen molar-refractivity contribution in [3.8, 4) is 0 Å². The third-order valence-electron chi connectivity index (χ3n) is 6.80. The first-order valence-electron chi connectivity index (χ1n) is 13.8. The van der Waals surface area contributed by atoms with E-state index in [4.69, 9.17) is 0 Å². The number of nitrogens with zero attached hydrogens (tertiary/aromatic N) is 3. The van der Waals surface area contributed by atoms with Crippen LogP contribution in [-0.2, 0) is 32.8 Å². The molecule has 2 amide bonds. The van der Waals surface area contributed by atoms with Crippen LogP contribution in [0.25, 0.3) is 0 Å². The molecule has 0 spiro atoms. The van der Waals surface area contributed by atoms with Gasteiger partial charge in [-0.2, -0.15) is 12.7 Å². The molecule has 220 valence electrons. The van der Waals surface area contributed by atoms with Gasteiger partial charge in [-0.15, -0.1) is 0 Å². The number of aryl methyl sites for hydroxylation is 2. The Kier molecular flexibility index (Phi) is 11.1. The van der Waals surface area contributed by atoms with Crippen LogP contribution in [0.1, 0.15) is 36.1 Å². The van der Waals surface area contributed by atoms with Gasteiger partial charge in [-0.3, -0.25) is 9.59 Å². The zero-order valence-electron chi connectivity index (χ0n) is 24.9. The molecule has 0 heterocycles. The fourth-order valence-electron chi connectivity index (χ4n) is 4.45. The molecule has 0 saturated carbocycles. The molecule has 0 radical (unpaired) electrons. The van der Waals surface area contributed by atoms with Crippen molar-refractivity contribution in [2.45, 2.75) is 46.7 Å². The minimum Gasteiger partial charge on any atom is -0.354 e. The van der Waals surface area contributed by atoms with Crippen molar-refractivity contribution in [1.82, 2.24) is 14.5 Å². The maximum absolute atomic E-state index is 14.3. The Labute approximate surface area is 245 Å². The Morgan fingerprint density at radius 1 is 0.854 bits per heavy atom. The van der Waals surface area contributed by atoms with Crippen LogP contribution in [0.3, 0.4) is 0 Å². The number of anilines is 1. The molecule has 0 unspecified atom stereocenters. The van der Waals surface area contributed by atoms with Crippen LogP contribution in [0.2, 0.25) is 0 Å². The number of benzene rings is 3. The standard InChI is InChI=1S/C32H42N4O4S/c1-24(2)21-33-32(38)30(20-27-13-9-7-10-14-27)35(22-28-15-11-8-12-16-28)31(37)23-36(41(39,40)34(5)6)29-19-25(3)17-18-26(29)4/h7-19,24,30H,20-23H2,1-6H3,(H,33,38)/t30-/m1/s1. The number of carbonyl (C=O) groups is 2. The number of hydrogen-bond donors (Lipinski definition) is 1. The molecule has 0 fully saturated rings. The summed E-state index contributed by atoms with van der Waals surface area (Å²) in [6.45, 7) is 7.86. The van der Waals surface area contributed by atoms with E-state index in [0.717, 1.165) is 30.9 Å². The molecular weight excluding hydrogens is 536 g/mol. The number of amides is 2. The van der Waals surface area contributed by atoms with Crippen molar-refractivity contribution in [2.24, 2.45) is 5.92 Å². The first kappa shape index (κ1) is 31.8. The number of rotatable bonds is 13. The van der Waals surface area contributed by atoms with Crippen LogP contribution >= 0.6 is 0 Å². The molecule has 0 aliphatic rings. The van der Waals surface area contributed by atoms with Gasteiger partial charge < -0.3 is 10.2 Å². The summed E-state index contributed by atoms with van der Waals surface area (Å²) in [5.74, 6) is -0.527. The first-order valence-corrected chi connectivity index (χ1v) is 15.2. The molecule has 3 aromatic rings. The minimum atomic E-state index is -4.04. The second kappa shape index (κ2) is 14.3. The van der Waals surface area contributed by atoms with Crippen LogP contribution in [0.4, 0.5) is 5.69 Å². The number of hydrogen-bond acceptors (Lipinski definition) is 4. The minimum absolute atomic E-state index is 0.148. The van der Waals surface area contributed by atoms with Gasteiger partial charge >= 0.3 is 10.2 Å². The third kappa shape index (κ3) is 8.65. The third-order valence-corrected chi connectivity index (χ3v) is 8.61. The Morgan fingerprint density at radius 3 is 2.00 bits per heavy atom. The first-order chi connectivity index (χ1) is 19.4. The van der Waals surface area contributed by atoms with Gasteiger partial charge in [0, 0.05) is 33.6 Å². The summed E-state index contributed by atoms with van der Waals surface area (Å²) < 4.78 is 29.4. The predicted molar refractivity (Wildman–Crippen MR) is 165 cm³/mol. The van der Waals surface area contributed by atoms with Gasteiger partial charge in [-0.05, 0) is 48.1 Å². The van der Waals surface area contributed by atoms with Crippen LogP contribution in [-0.4, -0.2) is 62.7 Å². The van der Waals surface area contributed by atoms with Crippen molar-refractivity contribution in [3.05, 3.63) is 101 Å². The highest BCUT2D eigenvalue weighted by atomic mass is 32.2. The van der Waals surface area contributed by atoms with Gasteiger partial charge in [0.05, 0.1) is 5.69 Å². The van der Waals surface area contributed by atoms with Gasteiger partial charge in [0.15, 0.2) is 0 Å².